The Kier molecular flexibility index (Phi) is 5.18. The molecule has 6 heteroatoms. The van der Waals surface area contributed by atoms with E-state index in [1.54, 1.807) is 26.0 Å². The number of carbonyl (C=O) groups is 2. The fraction of sp³-hybridized carbons (Fsp3) is 0.391. The van der Waals surface area contributed by atoms with Crippen LogP contribution in [0.2, 0.25) is 0 Å². The Morgan fingerprint density at radius 3 is 2.59 bits per heavy atom. The number of nitrogens with zero attached hydrogens (tertiary/aromatic N) is 2. The third kappa shape index (κ3) is 3.43. The second-order valence-corrected chi connectivity index (χ2v) is 7.53. The SMILES string of the molecule is COc1ccc(OC)c(C2CCCN2C(=O)c2ccc3c(c2)CCN3C(C)=O)c1. The molecule has 0 radical (unpaired) electrons. The maximum atomic E-state index is 13.4. The van der Waals surface area contributed by atoms with E-state index in [0.29, 0.717) is 18.7 Å². The Labute approximate surface area is 171 Å². The Morgan fingerprint density at radius 1 is 1.03 bits per heavy atom. The van der Waals surface area contributed by atoms with Crippen LogP contribution >= 0.6 is 0 Å². The molecule has 1 saturated heterocycles. The van der Waals surface area contributed by atoms with Gasteiger partial charge in [0.1, 0.15) is 11.5 Å². The summed E-state index contributed by atoms with van der Waals surface area (Å²) in [6, 6.07) is 11.3. The van der Waals surface area contributed by atoms with Gasteiger partial charge in [-0.3, -0.25) is 9.59 Å². The molecule has 152 valence electrons. The van der Waals surface area contributed by atoms with Crippen LogP contribution in [0, 0.1) is 0 Å². The molecule has 0 aliphatic carbocycles. The molecule has 1 atom stereocenters. The Bertz CT molecular complexity index is 956. The number of carbonyl (C=O) groups excluding carboxylic acids is 2. The largest absolute Gasteiger partial charge is 0.497 e. The van der Waals surface area contributed by atoms with Gasteiger partial charge < -0.3 is 19.3 Å². The van der Waals surface area contributed by atoms with Crippen molar-refractivity contribution in [2.75, 3.05) is 32.2 Å². The van der Waals surface area contributed by atoms with Crippen LogP contribution in [0.15, 0.2) is 36.4 Å². The molecule has 2 aromatic carbocycles. The van der Waals surface area contributed by atoms with Crippen molar-refractivity contribution in [2.45, 2.75) is 32.2 Å². The number of likely N-dealkylation sites (tertiary alicyclic amines) is 1. The van der Waals surface area contributed by atoms with E-state index < -0.39 is 0 Å². The van der Waals surface area contributed by atoms with Gasteiger partial charge in [0, 0.05) is 36.8 Å². The number of benzene rings is 2. The van der Waals surface area contributed by atoms with Crippen molar-refractivity contribution in [3.8, 4) is 11.5 Å². The van der Waals surface area contributed by atoms with Crippen LogP contribution in [-0.2, 0) is 11.2 Å². The third-order valence-corrected chi connectivity index (χ3v) is 5.91. The van der Waals surface area contributed by atoms with E-state index in [1.807, 2.05) is 41.3 Å². The van der Waals surface area contributed by atoms with Crippen molar-refractivity contribution in [3.05, 3.63) is 53.1 Å². The zero-order valence-corrected chi connectivity index (χ0v) is 17.1. The molecular weight excluding hydrogens is 368 g/mol. The molecular formula is C23H26N2O4. The third-order valence-electron chi connectivity index (χ3n) is 5.91. The predicted octanol–water partition coefficient (Wildman–Crippen LogP) is 3.59. The first-order valence-corrected chi connectivity index (χ1v) is 9.97. The van der Waals surface area contributed by atoms with Gasteiger partial charge in [-0.25, -0.2) is 0 Å². The molecule has 2 amide bonds. The highest BCUT2D eigenvalue weighted by Crippen LogP contribution is 2.40. The number of methoxy groups -OCH3 is 2. The van der Waals surface area contributed by atoms with Gasteiger partial charge in [0.15, 0.2) is 0 Å². The van der Waals surface area contributed by atoms with Gasteiger partial charge in [-0.2, -0.15) is 0 Å². The van der Waals surface area contributed by atoms with Crippen molar-refractivity contribution in [1.29, 1.82) is 0 Å². The molecule has 0 spiro atoms. The highest BCUT2D eigenvalue weighted by molar-refractivity contribution is 5.98. The number of rotatable bonds is 4. The monoisotopic (exact) mass is 394 g/mol. The zero-order valence-electron chi connectivity index (χ0n) is 17.1. The van der Waals surface area contributed by atoms with Gasteiger partial charge in [-0.05, 0) is 61.2 Å². The lowest BCUT2D eigenvalue weighted by Gasteiger charge is -2.27. The van der Waals surface area contributed by atoms with Crippen LogP contribution in [0.25, 0.3) is 0 Å². The average molecular weight is 394 g/mol. The summed E-state index contributed by atoms with van der Waals surface area (Å²) in [5, 5.41) is 0. The molecule has 2 aliphatic rings. The number of fused-ring (bicyclic) bond motifs is 1. The molecule has 0 bridgehead atoms. The Morgan fingerprint density at radius 2 is 1.86 bits per heavy atom. The summed E-state index contributed by atoms with van der Waals surface area (Å²) in [5.41, 5.74) is 3.62. The van der Waals surface area contributed by atoms with E-state index in [2.05, 4.69) is 0 Å². The average Bonchev–Trinajstić information content (AvgIpc) is 3.39. The van der Waals surface area contributed by atoms with Gasteiger partial charge >= 0.3 is 0 Å². The number of hydrogen-bond donors (Lipinski definition) is 0. The van der Waals surface area contributed by atoms with Crippen molar-refractivity contribution < 1.29 is 19.1 Å². The van der Waals surface area contributed by atoms with E-state index in [0.717, 1.165) is 47.6 Å². The van der Waals surface area contributed by atoms with Crippen LogP contribution in [0.4, 0.5) is 5.69 Å². The summed E-state index contributed by atoms with van der Waals surface area (Å²) in [5.74, 6) is 1.57. The standard InChI is InChI=1S/C23H26N2O4/c1-15(26)24-12-10-16-13-17(6-8-20(16)24)23(27)25-11-4-5-21(25)19-14-18(28-2)7-9-22(19)29-3/h6-9,13-14,21H,4-5,10-12H2,1-3H3. The lowest BCUT2D eigenvalue weighted by Crippen LogP contribution is -2.31. The topological polar surface area (TPSA) is 59.1 Å². The Balaban J connectivity index is 1.63. The zero-order chi connectivity index (χ0) is 20.5. The molecule has 2 aliphatic heterocycles. The van der Waals surface area contributed by atoms with E-state index in [4.69, 9.17) is 9.47 Å². The molecule has 1 unspecified atom stereocenters. The van der Waals surface area contributed by atoms with Gasteiger partial charge in [0.05, 0.1) is 20.3 Å². The second kappa shape index (κ2) is 7.78. The highest BCUT2D eigenvalue weighted by atomic mass is 16.5. The Hall–Kier alpha value is -3.02. The van der Waals surface area contributed by atoms with E-state index in [-0.39, 0.29) is 17.9 Å². The van der Waals surface area contributed by atoms with Gasteiger partial charge in [0.25, 0.3) is 5.91 Å². The van der Waals surface area contributed by atoms with Crippen molar-refractivity contribution in [1.82, 2.24) is 4.90 Å². The molecule has 4 rings (SSSR count). The van der Waals surface area contributed by atoms with Crippen LogP contribution in [0.3, 0.4) is 0 Å². The first-order valence-electron chi connectivity index (χ1n) is 9.97. The number of anilines is 1. The lowest BCUT2D eigenvalue weighted by atomic mass is 10.0. The summed E-state index contributed by atoms with van der Waals surface area (Å²) in [7, 11) is 3.28. The minimum atomic E-state index is -0.0467. The lowest BCUT2D eigenvalue weighted by molar-refractivity contribution is -0.116. The van der Waals surface area contributed by atoms with Gasteiger partial charge in [0.2, 0.25) is 5.91 Å². The molecule has 2 heterocycles. The first kappa shape index (κ1) is 19.3. The second-order valence-electron chi connectivity index (χ2n) is 7.53. The van der Waals surface area contributed by atoms with E-state index in [1.165, 1.54) is 0 Å². The van der Waals surface area contributed by atoms with Gasteiger partial charge in [-0.1, -0.05) is 0 Å². The molecule has 0 N–H and O–H groups in total. The molecule has 1 fully saturated rings. The van der Waals surface area contributed by atoms with E-state index >= 15 is 0 Å². The normalized spacial score (nSPS) is 18.0. The van der Waals surface area contributed by atoms with E-state index in [9.17, 15) is 9.59 Å². The van der Waals surface area contributed by atoms with Crippen LogP contribution < -0.4 is 14.4 Å². The molecule has 0 aromatic heterocycles. The van der Waals surface area contributed by atoms with Crippen LogP contribution in [-0.4, -0.2) is 44.0 Å². The maximum absolute atomic E-state index is 13.4. The summed E-state index contributed by atoms with van der Waals surface area (Å²) in [4.78, 5) is 28.8. The summed E-state index contributed by atoms with van der Waals surface area (Å²) < 4.78 is 10.9. The van der Waals surface area contributed by atoms with Crippen molar-refractivity contribution >= 4 is 17.5 Å². The quantitative estimate of drug-likeness (QED) is 0.795. The summed E-state index contributed by atoms with van der Waals surface area (Å²) in [6.07, 6.45) is 2.61. The molecule has 29 heavy (non-hydrogen) atoms. The number of ether oxygens (including phenoxy) is 2. The predicted molar refractivity (Wildman–Crippen MR) is 111 cm³/mol. The minimum absolute atomic E-state index is 0.0152. The van der Waals surface area contributed by atoms with Crippen molar-refractivity contribution in [2.24, 2.45) is 0 Å². The van der Waals surface area contributed by atoms with Crippen LogP contribution in [0.1, 0.15) is 47.3 Å². The first-order chi connectivity index (χ1) is 14.0. The minimum Gasteiger partial charge on any atom is -0.497 e. The molecule has 0 saturated carbocycles. The number of amides is 2. The maximum Gasteiger partial charge on any atom is 0.254 e. The van der Waals surface area contributed by atoms with Crippen molar-refractivity contribution in [3.63, 3.8) is 0 Å². The summed E-state index contributed by atoms with van der Waals surface area (Å²) in [6.45, 7) is 2.96. The fourth-order valence-corrected chi connectivity index (χ4v) is 4.46. The molecule has 6 nitrogen and oxygen atoms in total. The fourth-order valence-electron chi connectivity index (χ4n) is 4.46. The smallest absolute Gasteiger partial charge is 0.254 e. The highest BCUT2D eigenvalue weighted by Gasteiger charge is 2.33. The molecule has 2 aromatic rings. The summed E-state index contributed by atoms with van der Waals surface area (Å²) >= 11 is 0. The van der Waals surface area contributed by atoms with Gasteiger partial charge in [-0.15, -0.1) is 0 Å². The number of hydrogen-bond acceptors (Lipinski definition) is 4. The van der Waals surface area contributed by atoms with Crippen LogP contribution in [0.5, 0.6) is 11.5 Å².